The van der Waals surface area contributed by atoms with E-state index in [1.807, 2.05) is 54.5 Å². The molecule has 33 heavy (non-hydrogen) atoms. The second-order valence-corrected chi connectivity index (χ2v) is 9.37. The maximum atomic E-state index is 13.0. The van der Waals surface area contributed by atoms with Crippen molar-refractivity contribution in [2.75, 3.05) is 13.2 Å². The molecule has 2 N–H and O–H groups in total. The molecule has 3 aromatic heterocycles. The van der Waals surface area contributed by atoms with Gasteiger partial charge in [0.15, 0.2) is 0 Å². The number of nitrogens with one attached hydrogen (secondary N) is 1. The predicted molar refractivity (Wildman–Crippen MR) is 131 cm³/mol. The van der Waals surface area contributed by atoms with Crippen molar-refractivity contribution in [3.63, 3.8) is 0 Å². The maximum absolute atomic E-state index is 13.0. The Morgan fingerprint density at radius 3 is 2.76 bits per heavy atom. The summed E-state index contributed by atoms with van der Waals surface area (Å²) in [5, 5.41) is 13.5. The number of furan rings is 1. The van der Waals surface area contributed by atoms with Crippen LogP contribution >= 0.6 is 22.9 Å². The van der Waals surface area contributed by atoms with Crippen LogP contribution in [-0.2, 0) is 17.8 Å². The first-order chi connectivity index (χ1) is 15.9. The van der Waals surface area contributed by atoms with Crippen molar-refractivity contribution in [3.8, 4) is 11.1 Å². The molecule has 0 fully saturated rings. The Morgan fingerprint density at radius 1 is 1.21 bits per heavy atom. The summed E-state index contributed by atoms with van der Waals surface area (Å²) in [5.74, 6) is 1.27. The monoisotopic (exact) mass is 487 g/mol. The van der Waals surface area contributed by atoms with Crippen LogP contribution in [0.25, 0.3) is 21.3 Å². The quantitative estimate of drug-likeness (QED) is 0.337. The molecule has 1 atom stereocenters. The van der Waals surface area contributed by atoms with E-state index in [0.717, 1.165) is 16.9 Å². The van der Waals surface area contributed by atoms with Gasteiger partial charge in [-0.1, -0.05) is 29.8 Å². The third kappa shape index (κ3) is 5.90. The van der Waals surface area contributed by atoms with Crippen molar-refractivity contribution in [2.24, 2.45) is 0 Å². The average molecular weight is 488 g/mol. The summed E-state index contributed by atoms with van der Waals surface area (Å²) in [5.41, 5.74) is 1.36. The highest BCUT2D eigenvalue weighted by Crippen LogP contribution is 2.34. The zero-order valence-electron chi connectivity index (χ0n) is 18.5. The van der Waals surface area contributed by atoms with Gasteiger partial charge in [-0.3, -0.25) is 9.69 Å². The largest absolute Gasteiger partial charge is 0.468 e. The summed E-state index contributed by atoms with van der Waals surface area (Å²) < 4.78 is 11.0. The van der Waals surface area contributed by atoms with Gasteiger partial charge in [0.05, 0.1) is 43.6 Å². The number of halogens is 1. The minimum Gasteiger partial charge on any atom is -0.468 e. The molecule has 0 saturated heterocycles. The molecule has 0 aliphatic carbocycles. The number of rotatable bonds is 10. The van der Waals surface area contributed by atoms with E-state index in [1.165, 1.54) is 11.3 Å². The van der Waals surface area contributed by atoms with Crippen LogP contribution in [0.2, 0.25) is 5.02 Å². The normalized spacial score (nSPS) is 12.8. The fourth-order valence-electron chi connectivity index (χ4n) is 3.62. The van der Waals surface area contributed by atoms with Gasteiger partial charge >= 0.3 is 0 Å². The highest BCUT2D eigenvalue weighted by Gasteiger charge is 2.19. The molecular formula is C24H26ClN3O4S. The molecule has 174 valence electrons. The van der Waals surface area contributed by atoms with Gasteiger partial charge in [0.1, 0.15) is 16.4 Å². The molecule has 0 radical (unpaired) electrons. The zero-order valence-corrected chi connectivity index (χ0v) is 20.0. The van der Waals surface area contributed by atoms with E-state index < -0.39 is 6.10 Å². The van der Waals surface area contributed by atoms with E-state index >= 15 is 0 Å². The number of aromatic nitrogens is 2. The molecule has 4 rings (SSSR count). The number of thiophene rings is 1. The Bertz CT molecular complexity index is 1250. The van der Waals surface area contributed by atoms with Crippen molar-refractivity contribution < 1.29 is 14.3 Å². The number of benzene rings is 1. The molecule has 1 unspecified atom stereocenters. The number of nitrogens with zero attached hydrogens (tertiary/aromatic N) is 2. The van der Waals surface area contributed by atoms with Crippen LogP contribution in [0.4, 0.5) is 0 Å². The van der Waals surface area contributed by atoms with E-state index in [0.29, 0.717) is 40.7 Å². The highest BCUT2D eigenvalue weighted by atomic mass is 35.5. The number of hydrogen-bond donors (Lipinski definition) is 2. The van der Waals surface area contributed by atoms with Crippen LogP contribution in [0.3, 0.4) is 0 Å². The van der Waals surface area contributed by atoms with Gasteiger partial charge in [-0.05, 0) is 32.0 Å². The van der Waals surface area contributed by atoms with Crippen molar-refractivity contribution >= 4 is 33.2 Å². The molecule has 1 aromatic carbocycles. The fourth-order valence-corrected chi connectivity index (χ4v) is 4.82. The van der Waals surface area contributed by atoms with Crippen LogP contribution in [0.5, 0.6) is 0 Å². The van der Waals surface area contributed by atoms with Gasteiger partial charge in [-0.25, -0.2) is 4.98 Å². The van der Waals surface area contributed by atoms with E-state index in [-0.39, 0.29) is 18.3 Å². The molecule has 4 aromatic rings. The number of H-pyrrole nitrogens is 1. The number of aromatic amines is 1. The van der Waals surface area contributed by atoms with Crippen LogP contribution in [0.15, 0.2) is 57.3 Å². The van der Waals surface area contributed by atoms with E-state index in [9.17, 15) is 9.90 Å². The number of hydrogen-bond acceptors (Lipinski definition) is 7. The maximum Gasteiger partial charge on any atom is 0.260 e. The van der Waals surface area contributed by atoms with Gasteiger partial charge in [0.2, 0.25) is 0 Å². The summed E-state index contributed by atoms with van der Waals surface area (Å²) in [6.45, 7) is 5.21. The zero-order chi connectivity index (χ0) is 23.4. The van der Waals surface area contributed by atoms with Gasteiger partial charge in [0.25, 0.3) is 5.56 Å². The smallest absolute Gasteiger partial charge is 0.260 e. The average Bonchev–Trinajstić information content (AvgIpc) is 3.43. The molecule has 0 aliphatic heterocycles. The molecule has 0 amide bonds. The van der Waals surface area contributed by atoms with E-state index in [4.69, 9.17) is 25.7 Å². The van der Waals surface area contributed by atoms with Crippen molar-refractivity contribution in [1.29, 1.82) is 0 Å². The van der Waals surface area contributed by atoms with Crippen LogP contribution in [0, 0.1) is 0 Å². The lowest BCUT2D eigenvalue weighted by Gasteiger charge is -2.24. The minimum atomic E-state index is -0.689. The number of ether oxygens (including phenoxy) is 1. The SMILES string of the molecule is CC(C)OCC(O)CN(Cc1nc2scc(-c3ccccc3Cl)c2c(=O)[nH]1)Cc1ccco1. The van der Waals surface area contributed by atoms with Crippen molar-refractivity contribution in [3.05, 3.63) is 75.0 Å². The van der Waals surface area contributed by atoms with Crippen LogP contribution in [-0.4, -0.2) is 45.3 Å². The van der Waals surface area contributed by atoms with Crippen molar-refractivity contribution in [1.82, 2.24) is 14.9 Å². The number of aliphatic hydroxyl groups is 1. The second-order valence-electron chi connectivity index (χ2n) is 8.11. The summed E-state index contributed by atoms with van der Waals surface area (Å²) in [7, 11) is 0. The molecule has 9 heteroatoms. The second kappa shape index (κ2) is 10.6. The lowest BCUT2D eigenvalue weighted by atomic mass is 10.1. The highest BCUT2D eigenvalue weighted by molar-refractivity contribution is 7.17. The Labute approximate surface area is 200 Å². The van der Waals surface area contributed by atoms with Gasteiger partial charge < -0.3 is 19.2 Å². The Kier molecular flexibility index (Phi) is 7.62. The number of fused-ring (bicyclic) bond motifs is 1. The number of aliphatic hydroxyl groups excluding tert-OH is 1. The third-order valence-electron chi connectivity index (χ3n) is 5.08. The van der Waals surface area contributed by atoms with Gasteiger partial charge in [-0.2, -0.15) is 0 Å². The van der Waals surface area contributed by atoms with Gasteiger partial charge in [0, 0.05) is 28.1 Å². The van der Waals surface area contributed by atoms with Crippen LogP contribution < -0.4 is 5.56 Å². The Balaban J connectivity index is 1.59. The third-order valence-corrected chi connectivity index (χ3v) is 6.28. The van der Waals surface area contributed by atoms with Crippen molar-refractivity contribution in [2.45, 2.75) is 39.1 Å². The molecule has 0 aliphatic rings. The lowest BCUT2D eigenvalue weighted by Crippen LogP contribution is -2.35. The Hall–Kier alpha value is -2.49. The van der Waals surface area contributed by atoms with Gasteiger partial charge in [-0.15, -0.1) is 11.3 Å². The summed E-state index contributed by atoms with van der Waals surface area (Å²) in [6.07, 6.45) is 0.955. The molecule has 0 spiro atoms. The minimum absolute atomic E-state index is 0.0322. The first-order valence-electron chi connectivity index (χ1n) is 10.7. The molecule has 3 heterocycles. The van der Waals surface area contributed by atoms with Crippen LogP contribution in [0.1, 0.15) is 25.4 Å². The molecule has 7 nitrogen and oxygen atoms in total. The van der Waals surface area contributed by atoms with E-state index in [1.54, 1.807) is 12.3 Å². The summed E-state index contributed by atoms with van der Waals surface area (Å²) in [6, 6.07) is 11.1. The van der Waals surface area contributed by atoms with E-state index in [2.05, 4.69) is 4.98 Å². The summed E-state index contributed by atoms with van der Waals surface area (Å²) >= 11 is 7.76. The molecule has 0 bridgehead atoms. The standard InChI is InChI=1S/C24H26ClN3O4S/c1-15(2)32-13-16(29)10-28(11-17-6-5-9-31-17)12-21-26-23(30)22-19(14-33-24(22)27-21)18-7-3-4-8-20(18)25/h3-9,14-16,29H,10-13H2,1-2H3,(H,26,27,30). The lowest BCUT2D eigenvalue weighted by molar-refractivity contribution is -0.0117. The fraction of sp³-hybridized carbons (Fsp3) is 0.333. The Morgan fingerprint density at radius 2 is 2.03 bits per heavy atom. The molecular weight excluding hydrogens is 462 g/mol. The first-order valence-corrected chi connectivity index (χ1v) is 12.0. The first kappa shape index (κ1) is 23.7. The summed E-state index contributed by atoms with van der Waals surface area (Å²) in [4.78, 5) is 23.3. The topological polar surface area (TPSA) is 91.6 Å². The predicted octanol–water partition coefficient (Wildman–Crippen LogP) is 4.69. The molecule has 0 saturated carbocycles.